The van der Waals surface area contributed by atoms with Gasteiger partial charge >= 0.3 is 0 Å². The Hall–Kier alpha value is -2.55. The van der Waals surface area contributed by atoms with E-state index in [2.05, 4.69) is 25.1 Å². The van der Waals surface area contributed by atoms with E-state index in [1.165, 1.54) is 19.5 Å². The first-order valence-corrected chi connectivity index (χ1v) is 8.33. The third-order valence-corrected chi connectivity index (χ3v) is 4.80. The second-order valence-electron chi connectivity index (χ2n) is 6.42. The smallest absolute Gasteiger partial charge is 0.291 e. The molecule has 9 heteroatoms. The van der Waals surface area contributed by atoms with E-state index in [-0.39, 0.29) is 23.9 Å². The van der Waals surface area contributed by atoms with Crippen molar-refractivity contribution < 1.29 is 14.3 Å². The average molecular weight is 344 g/mol. The van der Waals surface area contributed by atoms with Crippen molar-refractivity contribution in [1.29, 1.82) is 0 Å². The van der Waals surface area contributed by atoms with Crippen LogP contribution in [-0.4, -0.2) is 62.3 Å². The number of piperidine rings is 1. The maximum atomic E-state index is 12.6. The molecule has 25 heavy (non-hydrogen) atoms. The zero-order valence-electron chi connectivity index (χ0n) is 14.2. The molecule has 1 N–H and O–H groups in total. The largest absolute Gasteiger partial charge is 0.494 e. The normalized spacial score (nSPS) is 25.7. The highest BCUT2D eigenvalue weighted by molar-refractivity contribution is 5.90. The summed E-state index contributed by atoms with van der Waals surface area (Å²) in [6.45, 7) is 3.09. The Morgan fingerprint density at radius 1 is 1.40 bits per heavy atom. The van der Waals surface area contributed by atoms with Crippen LogP contribution >= 0.6 is 0 Å². The lowest BCUT2D eigenvalue weighted by atomic mass is 9.91. The van der Waals surface area contributed by atoms with Crippen LogP contribution in [0, 0.1) is 12.8 Å². The summed E-state index contributed by atoms with van der Waals surface area (Å²) in [5.41, 5.74) is 0. The van der Waals surface area contributed by atoms with Crippen LogP contribution in [0.25, 0.3) is 0 Å². The molecular weight excluding hydrogens is 324 g/mol. The molecule has 1 amide bonds. The molecule has 2 fully saturated rings. The third-order valence-electron chi connectivity index (χ3n) is 4.80. The van der Waals surface area contributed by atoms with Crippen LogP contribution in [0.5, 0.6) is 5.75 Å². The van der Waals surface area contributed by atoms with E-state index >= 15 is 0 Å². The molecule has 0 radical (unpaired) electrons. The number of H-pyrrole nitrogens is 1. The summed E-state index contributed by atoms with van der Waals surface area (Å²) in [4.78, 5) is 26.9. The fraction of sp³-hybridized carbons (Fsp3) is 0.562. The standard InChI is InChI=1S/C16H20N6O3/c1-9-19-14(21-20-9)12-5-10-3-4-22(8-13(10)25-12)16(23)15-17-6-11(24-2)7-18-15/h6-7,10,12-13H,3-5,8H2,1-2H3,(H,19,20,21)/t10?,12-,13-/m1/s1. The second-order valence-corrected chi connectivity index (χ2v) is 6.42. The molecule has 2 aliphatic rings. The molecule has 0 bridgehead atoms. The quantitative estimate of drug-likeness (QED) is 0.882. The first kappa shape index (κ1) is 15.9. The van der Waals surface area contributed by atoms with Gasteiger partial charge in [0, 0.05) is 13.1 Å². The number of fused-ring (bicyclic) bond motifs is 1. The molecule has 2 saturated heterocycles. The number of methoxy groups -OCH3 is 1. The van der Waals surface area contributed by atoms with Crippen LogP contribution in [0.2, 0.25) is 0 Å². The number of hydrogen-bond acceptors (Lipinski definition) is 7. The predicted molar refractivity (Wildman–Crippen MR) is 85.9 cm³/mol. The van der Waals surface area contributed by atoms with Crippen LogP contribution in [0.1, 0.15) is 41.2 Å². The van der Waals surface area contributed by atoms with Crippen molar-refractivity contribution in [3.8, 4) is 5.75 Å². The van der Waals surface area contributed by atoms with Crippen molar-refractivity contribution in [2.75, 3.05) is 20.2 Å². The highest BCUT2D eigenvalue weighted by atomic mass is 16.5. The summed E-state index contributed by atoms with van der Waals surface area (Å²) >= 11 is 0. The van der Waals surface area contributed by atoms with Crippen molar-refractivity contribution >= 4 is 5.91 Å². The van der Waals surface area contributed by atoms with Gasteiger partial charge in [0.1, 0.15) is 11.9 Å². The summed E-state index contributed by atoms with van der Waals surface area (Å²) in [7, 11) is 1.54. The third kappa shape index (κ3) is 3.07. The van der Waals surface area contributed by atoms with Gasteiger partial charge in [-0.15, -0.1) is 0 Å². The van der Waals surface area contributed by atoms with E-state index in [4.69, 9.17) is 9.47 Å². The molecule has 2 aliphatic heterocycles. The fourth-order valence-corrected chi connectivity index (χ4v) is 3.46. The summed E-state index contributed by atoms with van der Waals surface area (Å²) < 4.78 is 11.1. The lowest BCUT2D eigenvalue weighted by Crippen LogP contribution is -2.45. The van der Waals surface area contributed by atoms with Gasteiger partial charge < -0.3 is 14.4 Å². The average Bonchev–Trinajstić information content (AvgIpc) is 3.26. The van der Waals surface area contributed by atoms with E-state index in [0.717, 1.165) is 18.7 Å². The van der Waals surface area contributed by atoms with Crippen molar-refractivity contribution in [1.82, 2.24) is 30.0 Å². The SMILES string of the molecule is COc1cnc(C(=O)N2CCC3C[C@H](c4n[nH]c(C)n4)O[C@@H]3C2)nc1. The lowest BCUT2D eigenvalue weighted by molar-refractivity contribution is -0.00715. The number of carbonyl (C=O) groups is 1. The molecular formula is C16H20N6O3. The first-order valence-electron chi connectivity index (χ1n) is 8.33. The molecule has 2 aromatic rings. The Bertz CT molecular complexity index is 761. The van der Waals surface area contributed by atoms with E-state index in [9.17, 15) is 4.79 Å². The highest BCUT2D eigenvalue weighted by Gasteiger charge is 2.42. The molecule has 3 atom stereocenters. The number of aromatic nitrogens is 5. The highest BCUT2D eigenvalue weighted by Crippen LogP contribution is 2.40. The lowest BCUT2D eigenvalue weighted by Gasteiger charge is -2.33. The van der Waals surface area contributed by atoms with Crippen LogP contribution in [-0.2, 0) is 4.74 Å². The van der Waals surface area contributed by atoms with Gasteiger partial charge in [-0.1, -0.05) is 0 Å². The minimum absolute atomic E-state index is 0.000227. The van der Waals surface area contributed by atoms with E-state index < -0.39 is 0 Å². The Morgan fingerprint density at radius 2 is 2.20 bits per heavy atom. The number of hydrogen-bond donors (Lipinski definition) is 1. The van der Waals surface area contributed by atoms with Gasteiger partial charge in [0.05, 0.1) is 25.6 Å². The minimum atomic E-state index is -0.179. The Labute approximate surface area is 144 Å². The summed E-state index contributed by atoms with van der Waals surface area (Å²) in [6.07, 6.45) is 4.68. The van der Waals surface area contributed by atoms with Crippen molar-refractivity contribution in [2.24, 2.45) is 5.92 Å². The summed E-state index contributed by atoms with van der Waals surface area (Å²) in [5, 5.41) is 7.05. The van der Waals surface area contributed by atoms with Gasteiger partial charge in [-0.3, -0.25) is 9.89 Å². The van der Waals surface area contributed by atoms with E-state index in [1.807, 2.05) is 6.92 Å². The number of rotatable bonds is 3. The molecule has 0 aliphatic carbocycles. The molecule has 9 nitrogen and oxygen atoms in total. The van der Waals surface area contributed by atoms with Crippen LogP contribution in [0.3, 0.4) is 0 Å². The monoisotopic (exact) mass is 344 g/mol. The summed E-state index contributed by atoms with van der Waals surface area (Å²) in [6, 6.07) is 0. The van der Waals surface area contributed by atoms with Gasteiger partial charge in [0.25, 0.3) is 5.91 Å². The maximum absolute atomic E-state index is 12.6. The fourth-order valence-electron chi connectivity index (χ4n) is 3.46. The van der Waals surface area contributed by atoms with E-state index in [1.54, 1.807) is 4.90 Å². The molecule has 1 unspecified atom stereocenters. The number of aryl methyl sites for hydroxylation is 1. The zero-order chi connectivity index (χ0) is 17.4. The zero-order valence-corrected chi connectivity index (χ0v) is 14.2. The van der Waals surface area contributed by atoms with Crippen LogP contribution in [0.15, 0.2) is 12.4 Å². The topological polar surface area (TPSA) is 106 Å². The van der Waals surface area contributed by atoms with Crippen molar-refractivity contribution in [3.63, 3.8) is 0 Å². The Morgan fingerprint density at radius 3 is 2.88 bits per heavy atom. The first-order chi connectivity index (χ1) is 12.1. The van der Waals surface area contributed by atoms with Gasteiger partial charge in [-0.2, -0.15) is 5.10 Å². The Kier molecular flexibility index (Phi) is 4.08. The number of ether oxygens (including phenoxy) is 2. The second kappa shape index (κ2) is 6.40. The number of aromatic amines is 1. The van der Waals surface area contributed by atoms with Crippen molar-refractivity contribution in [3.05, 3.63) is 29.9 Å². The number of nitrogens with one attached hydrogen (secondary N) is 1. The van der Waals surface area contributed by atoms with Crippen LogP contribution in [0.4, 0.5) is 0 Å². The minimum Gasteiger partial charge on any atom is -0.494 e. The number of carbonyl (C=O) groups excluding carboxylic acids is 1. The van der Waals surface area contributed by atoms with Gasteiger partial charge in [-0.25, -0.2) is 15.0 Å². The molecule has 4 heterocycles. The molecule has 0 spiro atoms. The predicted octanol–water partition coefficient (Wildman–Crippen LogP) is 0.904. The number of amides is 1. The van der Waals surface area contributed by atoms with Crippen molar-refractivity contribution in [2.45, 2.75) is 32.0 Å². The van der Waals surface area contributed by atoms with Crippen LogP contribution < -0.4 is 4.74 Å². The van der Waals surface area contributed by atoms with Gasteiger partial charge in [0.15, 0.2) is 11.6 Å². The van der Waals surface area contributed by atoms with Gasteiger partial charge in [0.2, 0.25) is 5.82 Å². The number of likely N-dealkylation sites (tertiary alicyclic amines) is 1. The molecule has 0 saturated carbocycles. The molecule has 132 valence electrons. The van der Waals surface area contributed by atoms with E-state index in [0.29, 0.717) is 30.6 Å². The molecule has 0 aromatic carbocycles. The number of nitrogens with zero attached hydrogens (tertiary/aromatic N) is 5. The maximum Gasteiger partial charge on any atom is 0.291 e. The molecule has 4 rings (SSSR count). The molecule has 2 aromatic heterocycles. The Balaban J connectivity index is 1.42. The summed E-state index contributed by atoms with van der Waals surface area (Å²) in [5.74, 6) is 2.43. The van der Waals surface area contributed by atoms with Gasteiger partial charge in [-0.05, 0) is 25.7 Å².